The van der Waals surface area contributed by atoms with Crippen LogP contribution in [0.5, 0.6) is 0 Å². The molecule has 1 atom stereocenters. The van der Waals surface area contributed by atoms with Crippen LogP contribution >= 0.6 is 0 Å². The minimum Gasteiger partial charge on any atom is -0.316 e. The molecule has 4 heteroatoms. The Kier molecular flexibility index (Phi) is 3.19. The largest absolute Gasteiger partial charge is 0.328 e. The zero-order valence-electron chi connectivity index (χ0n) is 11.6. The first-order valence-corrected chi connectivity index (χ1v) is 7.02. The van der Waals surface area contributed by atoms with E-state index in [1.165, 1.54) is 18.4 Å². The molecule has 1 aromatic heterocycles. The molecule has 1 aliphatic heterocycles. The van der Waals surface area contributed by atoms with E-state index in [4.69, 9.17) is 0 Å². The highest BCUT2D eigenvalue weighted by Crippen LogP contribution is 2.20. The van der Waals surface area contributed by atoms with Crippen LogP contribution in [0.15, 0.2) is 23.0 Å². The number of aryl methyl sites for hydroxylation is 2. The summed E-state index contributed by atoms with van der Waals surface area (Å²) < 4.78 is 3.44. The van der Waals surface area contributed by atoms with Crippen LogP contribution in [-0.4, -0.2) is 22.2 Å². The fourth-order valence-corrected chi connectivity index (χ4v) is 3.11. The Morgan fingerprint density at radius 2 is 2.05 bits per heavy atom. The molecule has 1 fully saturated rings. The van der Waals surface area contributed by atoms with Gasteiger partial charge in [-0.1, -0.05) is 6.07 Å². The molecule has 0 bridgehead atoms. The van der Waals surface area contributed by atoms with Gasteiger partial charge in [-0.05, 0) is 56.0 Å². The molecule has 0 saturated carbocycles. The van der Waals surface area contributed by atoms with E-state index in [1.54, 1.807) is 9.13 Å². The summed E-state index contributed by atoms with van der Waals surface area (Å²) in [5.41, 5.74) is 3.43. The molecule has 1 aliphatic rings. The van der Waals surface area contributed by atoms with E-state index < -0.39 is 0 Å². The van der Waals surface area contributed by atoms with E-state index in [0.717, 1.165) is 36.5 Å². The number of benzene rings is 1. The van der Waals surface area contributed by atoms with Crippen molar-refractivity contribution >= 4 is 11.0 Å². The predicted molar refractivity (Wildman–Crippen MR) is 77.5 cm³/mol. The number of aromatic nitrogens is 2. The van der Waals surface area contributed by atoms with Crippen LogP contribution in [0, 0.1) is 5.92 Å². The fraction of sp³-hybridized carbons (Fsp3) is 0.533. The normalized spacial score (nSPS) is 20.0. The Labute approximate surface area is 113 Å². The maximum Gasteiger partial charge on any atom is 0.328 e. The van der Waals surface area contributed by atoms with Gasteiger partial charge in [0, 0.05) is 14.1 Å². The summed E-state index contributed by atoms with van der Waals surface area (Å²) in [4.78, 5) is 11.9. The lowest BCUT2D eigenvalue weighted by Gasteiger charge is -2.22. The Bertz CT molecular complexity index is 647. The predicted octanol–water partition coefficient (Wildman–Crippen LogP) is 1.42. The molecular weight excluding hydrogens is 238 g/mol. The second-order valence-corrected chi connectivity index (χ2v) is 5.64. The Morgan fingerprint density at radius 1 is 1.26 bits per heavy atom. The molecule has 4 nitrogen and oxygen atoms in total. The first-order chi connectivity index (χ1) is 9.16. The summed E-state index contributed by atoms with van der Waals surface area (Å²) in [6.07, 6.45) is 3.68. The van der Waals surface area contributed by atoms with Gasteiger partial charge in [0.2, 0.25) is 0 Å². The maximum absolute atomic E-state index is 11.9. The Morgan fingerprint density at radius 3 is 2.79 bits per heavy atom. The van der Waals surface area contributed by atoms with Gasteiger partial charge in [-0.2, -0.15) is 0 Å². The monoisotopic (exact) mass is 259 g/mol. The number of hydrogen-bond acceptors (Lipinski definition) is 2. The Balaban J connectivity index is 1.93. The highest BCUT2D eigenvalue weighted by molar-refractivity contribution is 5.76. The van der Waals surface area contributed by atoms with Crippen LogP contribution < -0.4 is 11.0 Å². The minimum absolute atomic E-state index is 0.0477. The summed E-state index contributed by atoms with van der Waals surface area (Å²) in [6, 6.07) is 6.41. The van der Waals surface area contributed by atoms with Crippen LogP contribution in [0.25, 0.3) is 11.0 Å². The minimum atomic E-state index is 0.0477. The second-order valence-electron chi connectivity index (χ2n) is 5.64. The maximum atomic E-state index is 11.9. The molecule has 2 heterocycles. The van der Waals surface area contributed by atoms with Crippen molar-refractivity contribution < 1.29 is 0 Å². The lowest BCUT2D eigenvalue weighted by atomic mass is 9.92. The van der Waals surface area contributed by atoms with E-state index in [1.807, 2.05) is 14.1 Å². The van der Waals surface area contributed by atoms with Gasteiger partial charge in [0.05, 0.1) is 11.0 Å². The molecule has 2 aromatic rings. The summed E-state index contributed by atoms with van der Waals surface area (Å²) >= 11 is 0. The molecule has 1 saturated heterocycles. The zero-order valence-corrected chi connectivity index (χ0v) is 11.6. The van der Waals surface area contributed by atoms with Crippen molar-refractivity contribution in [2.75, 3.05) is 13.1 Å². The van der Waals surface area contributed by atoms with E-state index in [2.05, 4.69) is 23.5 Å². The van der Waals surface area contributed by atoms with E-state index in [9.17, 15) is 4.79 Å². The summed E-state index contributed by atoms with van der Waals surface area (Å²) in [6.45, 7) is 2.27. The molecule has 0 radical (unpaired) electrons. The van der Waals surface area contributed by atoms with Gasteiger partial charge in [0.15, 0.2) is 0 Å². The summed E-state index contributed by atoms with van der Waals surface area (Å²) in [5.74, 6) is 0.729. The van der Waals surface area contributed by atoms with Crippen LogP contribution in [0.1, 0.15) is 18.4 Å². The summed E-state index contributed by atoms with van der Waals surface area (Å²) in [7, 11) is 3.67. The average molecular weight is 259 g/mol. The van der Waals surface area contributed by atoms with Crippen molar-refractivity contribution in [3.63, 3.8) is 0 Å². The van der Waals surface area contributed by atoms with Gasteiger partial charge in [-0.3, -0.25) is 9.13 Å². The molecule has 3 rings (SSSR count). The number of imidazole rings is 1. The van der Waals surface area contributed by atoms with Gasteiger partial charge in [0.25, 0.3) is 0 Å². The third-order valence-electron chi connectivity index (χ3n) is 4.26. The molecular formula is C15H21N3O. The number of hydrogen-bond donors (Lipinski definition) is 1. The van der Waals surface area contributed by atoms with E-state index in [-0.39, 0.29) is 5.69 Å². The quantitative estimate of drug-likeness (QED) is 0.886. The lowest BCUT2D eigenvalue weighted by Crippen LogP contribution is -2.30. The smallest absolute Gasteiger partial charge is 0.316 e. The van der Waals surface area contributed by atoms with E-state index >= 15 is 0 Å². The van der Waals surface area contributed by atoms with Crippen molar-refractivity contribution in [2.45, 2.75) is 19.3 Å². The van der Waals surface area contributed by atoms with Crippen molar-refractivity contribution in [3.8, 4) is 0 Å². The topological polar surface area (TPSA) is 39.0 Å². The zero-order chi connectivity index (χ0) is 13.4. The standard InChI is InChI=1S/C15H21N3O/c1-17-13-6-5-11(8-12-4-3-7-16-10-12)9-14(13)18(2)15(17)19/h5-6,9,12,16H,3-4,7-8,10H2,1-2H3. The number of nitrogens with one attached hydrogen (secondary N) is 1. The molecule has 1 aromatic carbocycles. The SMILES string of the molecule is Cn1c(=O)n(C)c2cc(CC3CCCNC3)ccc21. The molecule has 0 spiro atoms. The van der Waals surface area contributed by atoms with Gasteiger partial charge >= 0.3 is 5.69 Å². The number of piperidine rings is 1. The molecule has 102 valence electrons. The molecule has 1 N–H and O–H groups in total. The van der Waals surface area contributed by atoms with Gasteiger partial charge in [-0.15, -0.1) is 0 Å². The highest BCUT2D eigenvalue weighted by atomic mass is 16.1. The second kappa shape index (κ2) is 4.85. The van der Waals surface area contributed by atoms with Crippen molar-refractivity contribution in [3.05, 3.63) is 34.2 Å². The molecule has 1 unspecified atom stereocenters. The number of rotatable bonds is 2. The van der Waals surface area contributed by atoms with Crippen molar-refractivity contribution in [2.24, 2.45) is 20.0 Å². The van der Waals surface area contributed by atoms with Crippen LogP contribution in [0.2, 0.25) is 0 Å². The first kappa shape index (κ1) is 12.5. The molecule has 19 heavy (non-hydrogen) atoms. The van der Waals surface area contributed by atoms with Gasteiger partial charge in [-0.25, -0.2) is 4.79 Å². The fourth-order valence-electron chi connectivity index (χ4n) is 3.11. The summed E-state index contributed by atoms with van der Waals surface area (Å²) in [5, 5.41) is 3.46. The van der Waals surface area contributed by atoms with Crippen LogP contribution in [-0.2, 0) is 20.5 Å². The van der Waals surface area contributed by atoms with Gasteiger partial charge in [0.1, 0.15) is 0 Å². The van der Waals surface area contributed by atoms with Crippen molar-refractivity contribution in [1.82, 2.24) is 14.5 Å². The first-order valence-electron chi connectivity index (χ1n) is 7.02. The van der Waals surface area contributed by atoms with Gasteiger partial charge < -0.3 is 5.32 Å². The van der Waals surface area contributed by atoms with Crippen LogP contribution in [0.3, 0.4) is 0 Å². The Hall–Kier alpha value is -1.55. The third-order valence-corrected chi connectivity index (χ3v) is 4.26. The van der Waals surface area contributed by atoms with Crippen molar-refractivity contribution in [1.29, 1.82) is 0 Å². The molecule has 0 aliphatic carbocycles. The molecule has 0 amide bonds. The average Bonchev–Trinajstić information content (AvgIpc) is 2.65. The van der Waals surface area contributed by atoms with E-state index in [0.29, 0.717) is 0 Å². The number of fused-ring (bicyclic) bond motifs is 1. The third kappa shape index (κ3) is 2.21. The van der Waals surface area contributed by atoms with Crippen LogP contribution in [0.4, 0.5) is 0 Å². The highest BCUT2D eigenvalue weighted by Gasteiger charge is 2.14. The number of nitrogens with zero attached hydrogens (tertiary/aromatic N) is 2. The lowest BCUT2D eigenvalue weighted by molar-refractivity contribution is 0.376.